The van der Waals surface area contributed by atoms with Crippen LogP contribution in [0.5, 0.6) is 0 Å². The van der Waals surface area contributed by atoms with E-state index in [1.807, 2.05) is 0 Å². The van der Waals surface area contributed by atoms with Gasteiger partial charge in [0.2, 0.25) is 0 Å². The second-order valence-electron chi connectivity index (χ2n) is 1.45. The molecule has 4 N–H and O–H groups in total. The summed E-state index contributed by atoms with van der Waals surface area (Å²) in [5.74, 6) is -2.36. The molecule has 3 radical (unpaired) electrons. The summed E-state index contributed by atoms with van der Waals surface area (Å²) >= 11 is 3.48. The normalized spacial score (nSPS) is 8.69. The third kappa shape index (κ3) is 20.2. The van der Waals surface area contributed by atoms with E-state index in [0.29, 0.717) is 0 Å². The van der Waals surface area contributed by atoms with Crippen molar-refractivity contribution in [3.8, 4) is 0 Å². The van der Waals surface area contributed by atoms with Gasteiger partial charge in [-0.05, 0) is 0 Å². The molecule has 5 nitrogen and oxygen atoms in total. The average Bonchev–Trinajstić information content (AvgIpc) is 1.63. The van der Waals surface area contributed by atoms with E-state index >= 15 is 0 Å². The van der Waals surface area contributed by atoms with Crippen LogP contribution in [-0.2, 0) is 32.0 Å². The van der Waals surface area contributed by atoms with Gasteiger partial charge in [-0.25, -0.2) is 0 Å². The molecule has 0 aromatic carbocycles. The van der Waals surface area contributed by atoms with Crippen LogP contribution in [0.25, 0.3) is 0 Å². The minimum Gasteiger partial charge on any atom is -0.481 e. The SMILES string of the molecule is O.O=C(O)CC(S)C(=O)O.[Au].[Na].[Na]. The fourth-order valence-electron chi connectivity index (χ4n) is 0.253. The van der Waals surface area contributed by atoms with Crippen molar-refractivity contribution in [2.45, 2.75) is 11.7 Å². The molecule has 0 aliphatic carbocycles. The smallest absolute Gasteiger partial charge is 0.316 e. The van der Waals surface area contributed by atoms with Gasteiger partial charge in [0.05, 0.1) is 6.42 Å². The van der Waals surface area contributed by atoms with E-state index in [-0.39, 0.29) is 87.0 Å². The predicted molar refractivity (Wildman–Crippen MR) is 47.8 cm³/mol. The van der Waals surface area contributed by atoms with Crippen molar-refractivity contribution < 1.29 is 47.7 Å². The third-order valence-electron chi connectivity index (χ3n) is 0.653. The molecule has 0 aromatic heterocycles. The zero-order valence-electron chi connectivity index (χ0n) is 7.24. The summed E-state index contributed by atoms with van der Waals surface area (Å²) in [6, 6.07) is 0. The molecule has 0 bridgehead atoms. The molecule has 1 atom stereocenters. The minimum absolute atomic E-state index is 0. The van der Waals surface area contributed by atoms with Gasteiger partial charge in [-0.15, -0.1) is 0 Å². The first-order chi connectivity index (χ1) is 4.04. The number of carbonyl (C=O) groups is 2. The van der Waals surface area contributed by atoms with Crippen LogP contribution in [0.2, 0.25) is 0 Å². The molecular formula is C4H8AuNa2O5S. The minimum atomic E-state index is -1.21. The molecule has 0 saturated heterocycles. The Morgan fingerprint density at radius 2 is 1.54 bits per heavy atom. The van der Waals surface area contributed by atoms with Crippen molar-refractivity contribution in [2.75, 3.05) is 0 Å². The summed E-state index contributed by atoms with van der Waals surface area (Å²) in [4.78, 5) is 19.7. The van der Waals surface area contributed by atoms with Crippen molar-refractivity contribution in [3.63, 3.8) is 0 Å². The van der Waals surface area contributed by atoms with Gasteiger partial charge in [0.25, 0.3) is 0 Å². The van der Waals surface area contributed by atoms with Crippen LogP contribution in [0.3, 0.4) is 0 Å². The predicted octanol–water partition coefficient (Wildman–Crippen LogP) is -1.74. The molecule has 0 aliphatic rings. The Balaban J connectivity index is -0.0000000533. The zero-order chi connectivity index (χ0) is 7.44. The van der Waals surface area contributed by atoms with E-state index in [2.05, 4.69) is 12.6 Å². The second-order valence-corrected chi connectivity index (χ2v) is 2.08. The number of hydrogen-bond donors (Lipinski definition) is 3. The maximum atomic E-state index is 9.90. The number of carboxylic acid groups (broad SMARTS) is 2. The molecule has 0 amide bonds. The van der Waals surface area contributed by atoms with Crippen LogP contribution in [0.15, 0.2) is 0 Å². The Hall–Kier alpha value is 1.99. The molecule has 0 spiro atoms. The molecule has 0 heterocycles. The van der Waals surface area contributed by atoms with Crippen molar-refractivity contribution in [2.24, 2.45) is 0 Å². The number of aliphatic carboxylic acids is 2. The molecule has 9 heteroatoms. The monoisotopic (exact) mass is 411 g/mol. The van der Waals surface area contributed by atoms with Crippen LogP contribution in [0, 0.1) is 0 Å². The van der Waals surface area contributed by atoms with Crippen LogP contribution >= 0.6 is 12.6 Å². The molecule has 0 aliphatic heterocycles. The first-order valence-electron chi connectivity index (χ1n) is 2.16. The van der Waals surface area contributed by atoms with E-state index in [0.717, 1.165) is 0 Å². The summed E-state index contributed by atoms with van der Waals surface area (Å²) in [5, 5.41) is 15.0. The van der Waals surface area contributed by atoms with Crippen molar-refractivity contribution >= 4 is 83.7 Å². The summed E-state index contributed by atoms with van der Waals surface area (Å²) in [5.41, 5.74) is 0. The molecule has 0 fully saturated rings. The van der Waals surface area contributed by atoms with E-state index in [1.165, 1.54) is 0 Å². The molecular weight excluding hydrogens is 403 g/mol. The largest absolute Gasteiger partial charge is 0.481 e. The summed E-state index contributed by atoms with van der Waals surface area (Å²) in [7, 11) is 0. The van der Waals surface area contributed by atoms with E-state index in [4.69, 9.17) is 10.2 Å². The van der Waals surface area contributed by atoms with Gasteiger partial charge in [-0.3, -0.25) is 9.59 Å². The fraction of sp³-hybridized carbons (Fsp3) is 0.500. The number of thiol groups is 1. The maximum Gasteiger partial charge on any atom is 0.316 e. The Labute approximate surface area is 141 Å². The van der Waals surface area contributed by atoms with E-state index in [9.17, 15) is 9.59 Å². The third-order valence-corrected chi connectivity index (χ3v) is 1.06. The van der Waals surface area contributed by atoms with E-state index < -0.39 is 23.6 Å². The maximum absolute atomic E-state index is 9.90. The van der Waals surface area contributed by atoms with Gasteiger partial charge in [-0.2, -0.15) is 12.6 Å². The number of rotatable bonds is 3. The Bertz CT molecular complexity index is 146. The van der Waals surface area contributed by atoms with Crippen molar-refractivity contribution in [1.29, 1.82) is 0 Å². The van der Waals surface area contributed by atoms with Crippen LogP contribution in [0.4, 0.5) is 0 Å². The number of hydrogen-bond acceptors (Lipinski definition) is 3. The Morgan fingerprint density at radius 3 is 1.62 bits per heavy atom. The van der Waals surface area contributed by atoms with Crippen molar-refractivity contribution in [1.82, 2.24) is 0 Å². The first-order valence-corrected chi connectivity index (χ1v) is 2.68. The summed E-state index contributed by atoms with van der Waals surface area (Å²) in [6.45, 7) is 0. The molecule has 0 rings (SSSR count). The van der Waals surface area contributed by atoms with Crippen LogP contribution in [0.1, 0.15) is 6.42 Å². The molecule has 13 heavy (non-hydrogen) atoms. The second kappa shape index (κ2) is 16.4. The van der Waals surface area contributed by atoms with Gasteiger partial charge >= 0.3 is 11.9 Å². The van der Waals surface area contributed by atoms with Crippen molar-refractivity contribution in [3.05, 3.63) is 0 Å². The average molecular weight is 411 g/mol. The van der Waals surface area contributed by atoms with Gasteiger partial charge < -0.3 is 15.7 Å². The van der Waals surface area contributed by atoms with E-state index in [1.54, 1.807) is 0 Å². The fourth-order valence-corrected chi connectivity index (χ4v) is 0.409. The topological polar surface area (TPSA) is 106 Å². The van der Waals surface area contributed by atoms with Gasteiger partial charge in [-0.1, -0.05) is 0 Å². The molecule has 0 aromatic rings. The standard InChI is InChI=1S/C4H6O4S.Au.2Na.H2O/c5-3(6)1-2(9)4(7)8;;;;/h2,9H,1H2,(H,5,6)(H,7,8);;;;1H2. The molecule has 73 valence electrons. The van der Waals surface area contributed by atoms with Crippen LogP contribution in [-0.4, -0.2) is 92.0 Å². The first kappa shape index (κ1) is 29.4. The van der Waals surface area contributed by atoms with Gasteiger partial charge in [0.15, 0.2) is 0 Å². The van der Waals surface area contributed by atoms with Gasteiger partial charge in [0.1, 0.15) is 5.25 Å². The molecule has 0 saturated carbocycles. The number of carboxylic acids is 2. The summed E-state index contributed by atoms with van der Waals surface area (Å²) < 4.78 is 0. The Kier molecular flexibility index (Phi) is 37.1. The quantitative estimate of drug-likeness (QED) is 0.379. The molecule has 1 unspecified atom stereocenters. The van der Waals surface area contributed by atoms with Crippen LogP contribution < -0.4 is 0 Å². The summed E-state index contributed by atoms with van der Waals surface area (Å²) in [6.07, 6.45) is -0.446. The Morgan fingerprint density at radius 1 is 1.23 bits per heavy atom. The zero-order valence-corrected chi connectivity index (χ0v) is 14.3. The van der Waals surface area contributed by atoms with Gasteiger partial charge in [0, 0.05) is 81.5 Å².